The van der Waals surface area contributed by atoms with E-state index in [1.165, 1.54) is 16.8 Å². The van der Waals surface area contributed by atoms with Gasteiger partial charge in [0.1, 0.15) is 15.6 Å². The van der Waals surface area contributed by atoms with Gasteiger partial charge < -0.3 is 15.2 Å². The van der Waals surface area contributed by atoms with E-state index in [1.54, 1.807) is 0 Å². The van der Waals surface area contributed by atoms with Gasteiger partial charge in [0.25, 0.3) is 5.91 Å². The standard InChI is InChI=1S/C28H34ClF5N4O5S/c1-26(2,28(32,33)34)15-17-6-7-19(20(14-17)43-25(30)31)23-21(29)22(37-38(23)13-5-4-12-35)24(39)36-16-27(40)10-8-18(9-11-27)44(3,41)42/h6-7,14,18,25,40H,4-5,8-11,13,15-16H2,1-3H3,(H,36,39). The summed E-state index contributed by atoms with van der Waals surface area (Å²) in [7, 11) is -3.28. The number of sulfone groups is 1. The Labute approximate surface area is 257 Å². The smallest absolute Gasteiger partial charge is 0.394 e. The fraction of sp³-hybridized carbons (Fsp3) is 0.607. The summed E-state index contributed by atoms with van der Waals surface area (Å²) in [6.45, 7) is -1.58. The lowest BCUT2D eigenvalue weighted by Gasteiger charge is -2.35. The number of hydrogen-bond donors (Lipinski definition) is 2. The van der Waals surface area contributed by atoms with Crippen molar-refractivity contribution < 1.29 is 45.0 Å². The van der Waals surface area contributed by atoms with Crippen LogP contribution in [0, 0.1) is 16.7 Å². The predicted molar refractivity (Wildman–Crippen MR) is 152 cm³/mol. The Morgan fingerprint density at radius 1 is 1.30 bits per heavy atom. The molecule has 1 aromatic heterocycles. The van der Waals surface area contributed by atoms with E-state index in [2.05, 4.69) is 15.2 Å². The molecule has 1 fully saturated rings. The summed E-state index contributed by atoms with van der Waals surface area (Å²) in [4.78, 5) is 13.2. The molecule has 0 atom stereocenters. The summed E-state index contributed by atoms with van der Waals surface area (Å²) >= 11 is 6.58. The fourth-order valence-corrected chi connectivity index (χ4v) is 6.47. The van der Waals surface area contributed by atoms with Gasteiger partial charge in [0, 0.05) is 31.3 Å². The van der Waals surface area contributed by atoms with Gasteiger partial charge in [-0.25, -0.2) is 8.42 Å². The molecule has 1 aliphatic rings. The number of carbonyl (C=O) groups excluding carboxylic acids is 1. The van der Waals surface area contributed by atoms with Gasteiger partial charge in [0.15, 0.2) is 5.69 Å². The van der Waals surface area contributed by atoms with Crippen molar-refractivity contribution in [2.24, 2.45) is 5.41 Å². The molecule has 3 rings (SSSR count). The Hall–Kier alpha value is -2.96. The van der Waals surface area contributed by atoms with Crippen LogP contribution in [0.25, 0.3) is 11.3 Å². The molecule has 44 heavy (non-hydrogen) atoms. The zero-order valence-corrected chi connectivity index (χ0v) is 25.9. The van der Waals surface area contributed by atoms with Crippen LogP contribution in [-0.4, -0.2) is 65.7 Å². The molecule has 1 saturated carbocycles. The fourth-order valence-electron chi connectivity index (χ4n) is 5.05. The largest absolute Gasteiger partial charge is 0.434 e. The minimum atomic E-state index is -4.57. The molecule has 2 aromatic rings. The average Bonchev–Trinajstić information content (AvgIpc) is 3.22. The van der Waals surface area contributed by atoms with E-state index in [0.717, 1.165) is 26.2 Å². The number of aromatic nitrogens is 2. The minimum absolute atomic E-state index is 0.0283. The van der Waals surface area contributed by atoms with Crippen molar-refractivity contribution in [2.75, 3.05) is 12.8 Å². The first kappa shape index (κ1) is 35.5. The van der Waals surface area contributed by atoms with Crippen molar-refractivity contribution in [2.45, 2.75) is 89.0 Å². The van der Waals surface area contributed by atoms with E-state index in [0.29, 0.717) is 0 Å². The topological polar surface area (TPSA) is 134 Å². The molecule has 1 amide bonds. The van der Waals surface area contributed by atoms with Crippen LogP contribution in [0.3, 0.4) is 0 Å². The number of unbranched alkanes of at least 4 members (excludes halogenated alkanes) is 1. The molecule has 0 saturated heterocycles. The number of alkyl halides is 5. The van der Waals surface area contributed by atoms with Crippen LogP contribution in [0.2, 0.25) is 5.02 Å². The highest BCUT2D eigenvalue weighted by atomic mass is 35.5. The summed E-state index contributed by atoms with van der Waals surface area (Å²) in [5.74, 6) is -1.29. The summed E-state index contributed by atoms with van der Waals surface area (Å²) in [6.07, 6.45) is -2.96. The van der Waals surface area contributed by atoms with Gasteiger partial charge in [-0.3, -0.25) is 9.48 Å². The first-order valence-corrected chi connectivity index (χ1v) is 16.1. The highest BCUT2D eigenvalue weighted by Crippen LogP contribution is 2.43. The molecule has 0 bridgehead atoms. The number of carbonyl (C=O) groups is 1. The monoisotopic (exact) mass is 668 g/mol. The van der Waals surface area contributed by atoms with Crippen molar-refractivity contribution in [3.63, 3.8) is 0 Å². The van der Waals surface area contributed by atoms with Crippen LogP contribution in [0.15, 0.2) is 18.2 Å². The zero-order valence-electron chi connectivity index (χ0n) is 24.3. The molecular formula is C28H34ClF5N4O5S. The van der Waals surface area contributed by atoms with Gasteiger partial charge in [-0.2, -0.15) is 32.3 Å². The van der Waals surface area contributed by atoms with E-state index in [4.69, 9.17) is 16.9 Å². The third-order valence-corrected chi connectivity index (χ3v) is 9.79. The van der Waals surface area contributed by atoms with Gasteiger partial charge in [0.2, 0.25) is 0 Å². The number of halogens is 6. The number of amides is 1. The number of hydrogen-bond acceptors (Lipinski definition) is 7. The second-order valence-corrected chi connectivity index (χ2v) is 14.4. The minimum Gasteiger partial charge on any atom is -0.434 e. The second-order valence-electron chi connectivity index (χ2n) is 11.7. The van der Waals surface area contributed by atoms with E-state index in [9.17, 15) is 40.3 Å². The van der Waals surface area contributed by atoms with Crippen molar-refractivity contribution in [3.8, 4) is 23.1 Å². The molecule has 1 heterocycles. The van der Waals surface area contributed by atoms with Crippen LogP contribution in [0.1, 0.15) is 68.4 Å². The molecule has 16 heteroatoms. The Kier molecular flexibility index (Phi) is 11.0. The lowest BCUT2D eigenvalue weighted by atomic mass is 9.84. The highest BCUT2D eigenvalue weighted by Gasteiger charge is 2.47. The average molecular weight is 669 g/mol. The lowest BCUT2D eigenvalue weighted by Crippen LogP contribution is -2.47. The van der Waals surface area contributed by atoms with Crippen molar-refractivity contribution >= 4 is 27.3 Å². The molecule has 244 valence electrons. The van der Waals surface area contributed by atoms with Crippen LogP contribution in [-0.2, 0) is 22.8 Å². The number of nitrogens with zero attached hydrogens (tertiary/aromatic N) is 3. The third-order valence-electron chi connectivity index (χ3n) is 7.75. The maximum Gasteiger partial charge on any atom is 0.394 e. The van der Waals surface area contributed by atoms with Crippen molar-refractivity contribution in [1.82, 2.24) is 15.1 Å². The van der Waals surface area contributed by atoms with Crippen LogP contribution in [0.5, 0.6) is 5.75 Å². The third kappa shape index (κ3) is 8.60. The van der Waals surface area contributed by atoms with Gasteiger partial charge in [-0.15, -0.1) is 0 Å². The number of aryl methyl sites for hydroxylation is 1. The predicted octanol–water partition coefficient (Wildman–Crippen LogP) is 5.69. The van der Waals surface area contributed by atoms with Crippen LogP contribution < -0.4 is 10.1 Å². The summed E-state index contributed by atoms with van der Waals surface area (Å²) in [6, 6.07) is 5.58. The number of benzene rings is 1. The Morgan fingerprint density at radius 3 is 2.48 bits per heavy atom. The molecule has 0 unspecified atom stereocenters. The molecule has 0 radical (unpaired) electrons. The van der Waals surface area contributed by atoms with Crippen LogP contribution in [0.4, 0.5) is 22.0 Å². The van der Waals surface area contributed by atoms with Gasteiger partial charge in [0.05, 0.1) is 33.1 Å². The number of nitrogens with one attached hydrogen (secondary N) is 1. The number of aliphatic hydroxyl groups is 1. The molecule has 2 N–H and O–H groups in total. The maximum absolute atomic E-state index is 13.5. The van der Waals surface area contributed by atoms with Gasteiger partial charge in [-0.05, 0) is 56.2 Å². The van der Waals surface area contributed by atoms with E-state index >= 15 is 0 Å². The quantitative estimate of drug-likeness (QED) is 0.219. The first-order valence-electron chi connectivity index (χ1n) is 13.8. The summed E-state index contributed by atoms with van der Waals surface area (Å²) < 4.78 is 97.0. The lowest BCUT2D eigenvalue weighted by molar-refractivity contribution is -0.211. The summed E-state index contributed by atoms with van der Waals surface area (Å²) in [5.41, 5.74) is -3.90. The van der Waals surface area contributed by atoms with Crippen molar-refractivity contribution in [3.05, 3.63) is 34.5 Å². The van der Waals surface area contributed by atoms with E-state index in [1.807, 2.05) is 6.07 Å². The molecule has 0 spiro atoms. The number of ether oxygens (including phenoxy) is 1. The summed E-state index contributed by atoms with van der Waals surface area (Å²) in [5, 5.41) is 25.8. The zero-order chi connectivity index (χ0) is 33.1. The second kappa shape index (κ2) is 13.6. The number of rotatable bonds is 12. The first-order chi connectivity index (χ1) is 20.3. The molecular weight excluding hydrogens is 635 g/mol. The highest BCUT2D eigenvalue weighted by molar-refractivity contribution is 7.91. The van der Waals surface area contributed by atoms with E-state index < -0.39 is 57.0 Å². The van der Waals surface area contributed by atoms with E-state index in [-0.39, 0.29) is 79.2 Å². The Morgan fingerprint density at radius 2 is 1.93 bits per heavy atom. The Balaban J connectivity index is 1.96. The maximum atomic E-state index is 13.5. The van der Waals surface area contributed by atoms with Crippen molar-refractivity contribution in [1.29, 1.82) is 5.26 Å². The molecule has 1 aromatic carbocycles. The normalized spacial score (nSPS) is 19.5. The van der Waals surface area contributed by atoms with Crippen LogP contribution >= 0.6 is 11.6 Å². The van der Waals surface area contributed by atoms with Gasteiger partial charge in [-0.1, -0.05) is 31.5 Å². The number of nitriles is 1. The molecule has 1 aliphatic carbocycles. The SMILES string of the molecule is CC(C)(Cc1ccc(-c2c(Cl)c(C(=O)NCC3(O)CCC(S(C)(=O)=O)CC3)nn2CCCC#N)c(OC(F)F)c1)C(F)(F)F. The molecule has 0 aliphatic heterocycles. The molecule has 9 nitrogen and oxygen atoms in total. The van der Waals surface area contributed by atoms with Gasteiger partial charge >= 0.3 is 12.8 Å². The Bertz CT molecular complexity index is 1500.